The van der Waals surface area contributed by atoms with E-state index in [0.29, 0.717) is 68.9 Å². The minimum atomic E-state index is -1.05. The van der Waals surface area contributed by atoms with Gasteiger partial charge in [0.2, 0.25) is 0 Å². The number of aromatic hydroxyl groups is 3. The number of azo groups is 2. The lowest BCUT2D eigenvalue weighted by atomic mass is 9.99. The topological polar surface area (TPSA) is 356 Å². The summed E-state index contributed by atoms with van der Waals surface area (Å²) in [6.45, 7) is 17.6. The van der Waals surface area contributed by atoms with Crippen molar-refractivity contribution in [3.05, 3.63) is 263 Å². The van der Waals surface area contributed by atoms with Crippen molar-refractivity contribution in [2.45, 2.75) is 125 Å². The lowest BCUT2D eigenvalue weighted by Gasteiger charge is -2.14. The largest absolute Gasteiger partial charge is 0.505 e. The highest BCUT2D eigenvalue weighted by Gasteiger charge is 2.28. The minimum Gasteiger partial charge on any atom is -0.505 e. The number of carboxylic acid groups (broad SMARTS) is 3. The Morgan fingerprint density at radius 3 is 1.17 bits per heavy atom. The summed E-state index contributed by atoms with van der Waals surface area (Å²) in [5, 5.41) is 88.1. The van der Waals surface area contributed by atoms with Crippen LogP contribution in [-0.2, 0) is 24.1 Å². The number of carboxylic acids is 3. The highest BCUT2D eigenvalue weighted by Crippen LogP contribution is 2.43. The van der Waals surface area contributed by atoms with Crippen LogP contribution in [0.5, 0.6) is 17.2 Å². The number of benzene rings is 9. The number of nitrogens with one attached hydrogen (secondary N) is 2. The summed E-state index contributed by atoms with van der Waals surface area (Å²) in [5.74, 6) is -1.83. The molecule has 1 aliphatic heterocycles. The molecule has 3 unspecified atom stereocenters. The quantitative estimate of drug-likeness (QED) is 0.0295. The van der Waals surface area contributed by atoms with Crippen LogP contribution in [0.4, 0.5) is 34.1 Å². The Morgan fingerprint density at radius 1 is 0.454 bits per heavy atom. The fourth-order valence-corrected chi connectivity index (χ4v) is 14.0. The van der Waals surface area contributed by atoms with E-state index in [9.17, 15) is 54.3 Å². The van der Waals surface area contributed by atoms with Gasteiger partial charge >= 0.3 is 17.9 Å². The van der Waals surface area contributed by atoms with Gasteiger partial charge in [-0.2, -0.15) is 5.10 Å². The van der Waals surface area contributed by atoms with Crippen LogP contribution in [0.25, 0.3) is 44.8 Å². The summed E-state index contributed by atoms with van der Waals surface area (Å²) in [4.78, 5) is 71.8. The molecule has 108 heavy (non-hydrogen) atoms. The number of aromatic carboxylic acids is 3. The van der Waals surface area contributed by atoms with E-state index in [4.69, 9.17) is 10.8 Å². The van der Waals surface area contributed by atoms with Gasteiger partial charge in [-0.1, -0.05) is 75.4 Å². The number of nitrogens with two attached hydrogens (primary N) is 1. The van der Waals surface area contributed by atoms with E-state index in [0.717, 1.165) is 71.6 Å². The molecule has 0 fully saturated rings. The van der Waals surface area contributed by atoms with Crippen LogP contribution in [0, 0.1) is 34.6 Å². The van der Waals surface area contributed by atoms with E-state index >= 15 is 0 Å². The third kappa shape index (κ3) is 16.2. The van der Waals surface area contributed by atoms with Crippen molar-refractivity contribution < 1.29 is 49.8 Å². The summed E-state index contributed by atoms with van der Waals surface area (Å²) in [7, 11) is 0. The molecule has 0 radical (unpaired) electrons. The number of phenolic OH excluding ortho intramolecular Hbond substituents is 3. The number of amides is 1. The number of aromatic nitrogens is 4. The number of fused-ring (bicyclic) bond motifs is 3. The van der Waals surface area contributed by atoms with Gasteiger partial charge < -0.3 is 36.4 Å². The molecule has 9 aromatic carbocycles. The van der Waals surface area contributed by atoms with Crippen LogP contribution >= 0.6 is 12.4 Å². The molecule has 11 aromatic rings. The van der Waals surface area contributed by atoms with E-state index in [1.54, 1.807) is 91.7 Å². The first-order chi connectivity index (χ1) is 51.1. The normalized spacial score (nSPS) is 15.3. The molecule has 3 heterocycles. The molecule has 3 aliphatic carbocycles. The van der Waals surface area contributed by atoms with E-state index in [2.05, 4.69) is 92.9 Å². The number of carbonyl (C=O) groups excluding carboxylic acids is 1. The second-order valence-corrected chi connectivity index (χ2v) is 27.8. The summed E-state index contributed by atoms with van der Waals surface area (Å²) < 4.78 is 2.93. The summed E-state index contributed by atoms with van der Waals surface area (Å²) in [6.07, 6.45) is 7.16. The molecule has 2 aromatic heterocycles. The number of hydrogen-bond donors (Lipinski definition) is 9. The molecule has 4 aliphatic rings. The molecule has 0 spiro atoms. The van der Waals surface area contributed by atoms with Crippen LogP contribution in [0.3, 0.4) is 0 Å². The average Bonchev–Trinajstić information content (AvgIpc) is 1.53. The number of H-pyrrole nitrogens is 2. The Bertz CT molecular complexity index is 5390. The second kappa shape index (κ2) is 31.9. The van der Waals surface area contributed by atoms with Gasteiger partial charge in [0.05, 0.1) is 57.2 Å². The Kier molecular flexibility index (Phi) is 22.6. The van der Waals surface area contributed by atoms with Crippen molar-refractivity contribution in [3.63, 3.8) is 0 Å². The first-order valence-corrected chi connectivity index (χ1v) is 35.1. The zero-order chi connectivity index (χ0) is 76.4. The number of nitrogen functional groups attached to an aromatic ring is 1. The van der Waals surface area contributed by atoms with Crippen molar-refractivity contribution >= 4 is 76.1 Å². The maximum Gasteiger partial charge on any atom is 0.335 e. The molecule has 15 rings (SSSR count). The van der Waals surface area contributed by atoms with Gasteiger partial charge in [-0.15, -0.1) is 32.9 Å². The molecular weight excluding hydrogens is 1390 g/mol. The Morgan fingerprint density at radius 2 is 0.806 bits per heavy atom. The maximum atomic E-state index is 13.2. The van der Waals surface area contributed by atoms with Crippen molar-refractivity contribution in [3.8, 4) is 62.0 Å². The van der Waals surface area contributed by atoms with Gasteiger partial charge in [0.15, 0.2) is 22.9 Å². The van der Waals surface area contributed by atoms with Crippen LogP contribution in [0.1, 0.15) is 164 Å². The van der Waals surface area contributed by atoms with E-state index in [1.807, 2.05) is 45.9 Å². The fourth-order valence-electron chi connectivity index (χ4n) is 14.0. The lowest BCUT2D eigenvalue weighted by Crippen LogP contribution is -2.19. The molecule has 23 nitrogen and oxygen atoms in total. The first kappa shape index (κ1) is 76.4. The highest BCUT2D eigenvalue weighted by molar-refractivity contribution is 6.12. The van der Waals surface area contributed by atoms with Gasteiger partial charge in [-0.25, -0.2) is 28.8 Å². The Labute approximate surface area is 628 Å². The van der Waals surface area contributed by atoms with Gasteiger partial charge in [0.1, 0.15) is 17.1 Å². The predicted octanol–water partition coefficient (Wildman–Crippen LogP) is 18.6. The fraction of sp³-hybridized carbons (Fsp3) is 0.226. The van der Waals surface area contributed by atoms with E-state index in [1.165, 1.54) is 85.6 Å². The molecular formula is C84H82ClN11O12. The van der Waals surface area contributed by atoms with Crippen LogP contribution in [0.2, 0.25) is 0 Å². The van der Waals surface area contributed by atoms with Crippen molar-refractivity contribution in [1.82, 2.24) is 19.6 Å². The summed E-state index contributed by atoms with van der Waals surface area (Å²) >= 11 is 0. The first-order valence-electron chi connectivity index (χ1n) is 35.1. The number of nitrogens with zero attached hydrogens (tertiary/aromatic N) is 8. The molecule has 24 heteroatoms. The third-order valence-electron chi connectivity index (χ3n) is 19.8. The van der Waals surface area contributed by atoms with Gasteiger partial charge in [0, 0.05) is 22.4 Å². The molecule has 1 amide bonds. The molecule has 0 saturated heterocycles. The molecule has 552 valence electrons. The van der Waals surface area contributed by atoms with Crippen LogP contribution < -0.4 is 21.9 Å². The zero-order valence-electron chi connectivity index (χ0n) is 61.0. The molecule has 0 bridgehead atoms. The number of phenols is 3. The van der Waals surface area contributed by atoms with Crippen LogP contribution in [0.15, 0.2) is 199 Å². The van der Waals surface area contributed by atoms with E-state index < -0.39 is 17.9 Å². The number of hydrogen-bond acceptors (Lipinski definition) is 15. The number of halogens is 1. The average molecular weight is 1470 g/mol. The van der Waals surface area contributed by atoms with Gasteiger partial charge in [-0.05, 0) is 274 Å². The second-order valence-electron chi connectivity index (χ2n) is 27.8. The van der Waals surface area contributed by atoms with Gasteiger partial charge in [-0.3, -0.25) is 24.6 Å². The predicted molar refractivity (Wildman–Crippen MR) is 420 cm³/mol. The number of aryl methyl sites for hydroxylation is 8. The number of rotatable bonds is 13. The minimum absolute atomic E-state index is 0. The standard InChI is InChI=1S/2C28H26N4O4.C14H16N2O.C14H13NO3.ClH/c2*1-15-11-23(19-5-4-6-20(13-19)28(35)36)26(33)24(12-15)29-30-25-17(3)31-32(27(25)34)21-10-9-18-8-7-16(2)22(18)14-21;1-9-3-4-11-5-6-12(8-13(9)11)16-14(17)7-10(2)15-16;1-8-5-11(13(16)12(15)6-8)9-3-2-4-10(7-9)14(17)18;/h2*4-6,9-14,16,31,33H,7-8H2,1-3H3,(H,35,36);5-6,8-9H,3-4,7H2,1-2H3;2-7,16H,15H2,1H3,(H,17,18);1H. The van der Waals surface area contributed by atoms with Crippen molar-refractivity contribution in [1.29, 1.82) is 0 Å². The number of hydrazone groups is 1. The van der Waals surface area contributed by atoms with Crippen LogP contribution in [-0.4, -0.2) is 79.7 Å². The Hall–Kier alpha value is -12.8. The third-order valence-corrected chi connectivity index (χ3v) is 19.8. The van der Waals surface area contributed by atoms with Gasteiger partial charge in [0.25, 0.3) is 17.0 Å². The lowest BCUT2D eigenvalue weighted by molar-refractivity contribution is -0.116. The summed E-state index contributed by atoms with van der Waals surface area (Å²) in [5.41, 5.74) is 24.4. The van der Waals surface area contributed by atoms with Crippen molar-refractivity contribution in [2.75, 3.05) is 10.7 Å². The zero-order valence-corrected chi connectivity index (χ0v) is 61.8. The molecule has 10 N–H and O–H groups in total. The maximum absolute atomic E-state index is 13.2. The number of anilines is 2. The highest BCUT2D eigenvalue weighted by atomic mass is 35.5. The Balaban J connectivity index is 0.000000151. The molecule has 0 saturated carbocycles. The van der Waals surface area contributed by atoms with E-state index in [-0.39, 0.29) is 91.8 Å². The monoisotopic (exact) mass is 1470 g/mol. The SMILES string of the molecule is CC1=NN(c2ccc3c(c2)C(C)CC3)C(=O)C1.Cc1cc(N)c(O)c(-c2cccc(C(=O)O)c2)c1.Cc1cc(N=Nc2c(C)[nH]n(-c3ccc4c(c3)C(C)CC4)c2=O)c(O)c(-c2cccc(C(=O)O)c2)c1.Cc1cc(N=Nc2c(C)[nH]n(-c3ccc4c(c3)C(C)CC4)c2=O)c(O)c(-c2cccc(C(=O)O)c2)c1.Cl. The number of aromatic amines is 2. The molecule has 3 atom stereocenters. The summed E-state index contributed by atoms with van der Waals surface area (Å²) in [6, 6.07) is 47.7. The van der Waals surface area contributed by atoms with Crippen molar-refractivity contribution in [2.24, 2.45) is 25.6 Å². The smallest absolute Gasteiger partial charge is 0.335 e. The number of carbonyl (C=O) groups is 4.